The van der Waals surface area contributed by atoms with E-state index in [0.717, 1.165) is 5.56 Å². The van der Waals surface area contributed by atoms with Gasteiger partial charge in [0.2, 0.25) is 5.91 Å². The van der Waals surface area contributed by atoms with E-state index in [0.29, 0.717) is 0 Å². The minimum absolute atomic E-state index is 0.0661. The lowest BCUT2D eigenvalue weighted by molar-refractivity contribution is -0.121. The van der Waals surface area contributed by atoms with Crippen LogP contribution in [-0.2, 0) is 4.79 Å². The molecule has 0 spiro atoms. The van der Waals surface area contributed by atoms with Crippen LogP contribution in [0.15, 0.2) is 24.3 Å². The zero-order chi connectivity index (χ0) is 15.3. The van der Waals surface area contributed by atoms with Crippen molar-refractivity contribution < 1.29 is 18.3 Å². The van der Waals surface area contributed by atoms with E-state index in [9.17, 15) is 13.6 Å². The number of halogens is 2. The summed E-state index contributed by atoms with van der Waals surface area (Å²) in [7, 11) is 0. The quantitative estimate of drug-likeness (QED) is 0.809. The smallest absolute Gasteiger partial charge is 0.387 e. The van der Waals surface area contributed by atoms with Crippen LogP contribution in [0, 0.1) is 5.92 Å². The van der Waals surface area contributed by atoms with Crippen LogP contribution in [0.4, 0.5) is 8.78 Å². The Kier molecular flexibility index (Phi) is 5.88. The number of carbonyl (C=O) groups is 1. The summed E-state index contributed by atoms with van der Waals surface area (Å²) in [5.74, 6) is -0.243. The van der Waals surface area contributed by atoms with Gasteiger partial charge in [0.15, 0.2) is 0 Å². The summed E-state index contributed by atoms with van der Waals surface area (Å²) in [4.78, 5) is 11.3. The molecule has 20 heavy (non-hydrogen) atoms. The Bertz CT molecular complexity index is 435. The largest absolute Gasteiger partial charge is 0.435 e. The van der Waals surface area contributed by atoms with Crippen molar-refractivity contribution in [3.05, 3.63) is 29.8 Å². The number of primary amides is 1. The van der Waals surface area contributed by atoms with Crippen molar-refractivity contribution in [2.75, 3.05) is 0 Å². The minimum atomic E-state index is -2.84. The summed E-state index contributed by atoms with van der Waals surface area (Å²) in [5, 5.41) is 3.13. The molecule has 6 heteroatoms. The van der Waals surface area contributed by atoms with Gasteiger partial charge in [0.25, 0.3) is 0 Å². The Morgan fingerprint density at radius 3 is 2.15 bits per heavy atom. The van der Waals surface area contributed by atoms with Crippen LogP contribution in [0.1, 0.15) is 32.4 Å². The molecule has 1 aromatic rings. The maximum Gasteiger partial charge on any atom is 0.387 e. The van der Waals surface area contributed by atoms with E-state index < -0.39 is 18.6 Å². The number of nitrogens with one attached hydrogen (secondary N) is 1. The molecule has 0 aliphatic carbocycles. The fraction of sp³-hybridized carbons (Fsp3) is 0.500. The molecule has 0 aliphatic heterocycles. The summed E-state index contributed by atoms with van der Waals surface area (Å²) >= 11 is 0. The van der Waals surface area contributed by atoms with Gasteiger partial charge in [-0.1, -0.05) is 26.0 Å². The highest BCUT2D eigenvalue weighted by molar-refractivity contribution is 5.80. The van der Waals surface area contributed by atoms with Gasteiger partial charge in [0.05, 0.1) is 6.04 Å². The van der Waals surface area contributed by atoms with Crippen LogP contribution in [0.3, 0.4) is 0 Å². The zero-order valence-electron chi connectivity index (χ0n) is 11.8. The van der Waals surface area contributed by atoms with Crippen molar-refractivity contribution in [1.82, 2.24) is 5.32 Å². The highest BCUT2D eigenvalue weighted by atomic mass is 19.3. The van der Waals surface area contributed by atoms with E-state index in [1.807, 2.05) is 20.8 Å². The molecule has 2 unspecified atom stereocenters. The minimum Gasteiger partial charge on any atom is -0.435 e. The molecule has 0 bridgehead atoms. The summed E-state index contributed by atoms with van der Waals surface area (Å²) in [5.41, 5.74) is 6.20. The van der Waals surface area contributed by atoms with Crippen molar-refractivity contribution >= 4 is 5.91 Å². The molecule has 0 radical (unpaired) electrons. The van der Waals surface area contributed by atoms with E-state index in [4.69, 9.17) is 5.73 Å². The first-order valence-electron chi connectivity index (χ1n) is 6.41. The molecule has 112 valence electrons. The van der Waals surface area contributed by atoms with Crippen molar-refractivity contribution in [1.29, 1.82) is 0 Å². The number of alkyl halides is 2. The number of ether oxygens (including phenoxy) is 1. The normalized spacial score (nSPS) is 14.3. The molecule has 0 saturated carbocycles. The molecule has 0 fully saturated rings. The van der Waals surface area contributed by atoms with Gasteiger partial charge in [0.1, 0.15) is 5.75 Å². The third-order valence-electron chi connectivity index (χ3n) is 3.01. The second-order valence-corrected chi connectivity index (χ2v) is 4.96. The average Bonchev–Trinajstić information content (AvgIpc) is 2.35. The van der Waals surface area contributed by atoms with Gasteiger partial charge in [-0.05, 0) is 30.5 Å². The van der Waals surface area contributed by atoms with Crippen molar-refractivity contribution in [3.8, 4) is 5.75 Å². The summed E-state index contributed by atoms with van der Waals surface area (Å²) in [6, 6.07) is 5.71. The van der Waals surface area contributed by atoms with Gasteiger partial charge >= 0.3 is 6.61 Å². The first kappa shape index (κ1) is 16.4. The summed E-state index contributed by atoms with van der Waals surface area (Å²) in [6.45, 7) is 2.83. The molecule has 0 aliphatic rings. The van der Waals surface area contributed by atoms with Gasteiger partial charge < -0.3 is 10.5 Å². The summed E-state index contributed by atoms with van der Waals surface area (Å²) in [6.07, 6.45) is 0. The Balaban J connectivity index is 2.72. The Hall–Kier alpha value is -1.69. The molecule has 1 rings (SSSR count). The molecule has 3 N–H and O–H groups in total. The lowest BCUT2D eigenvalue weighted by Crippen LogP contribution is -2.45. The average molecular weight is 286 g/mol. The van der Waals surface area contributed by atoms with Crippen LogP contribution in [0.2, 0.25) is 0 Å². The highest BCUT2D eigenvalue weighted by Gasteiger charge is 2.21. The monoisotopic (exact) mass is 286 g/mol. The third kappa shape index (κ3) is 4.77. The topological polar surface area (TPSA) is 64.3 Å². The molecular formula is C14H20F2N2O2. The predicted molar refractivity (Wildman–Crippen MR) is 72.4 cm³/mol. The summed E-state index contributed by atoms with van der Waals surface area (Å²) < 4.78 is 28.4. The maximum absolute atomic E-state index is 12.0. The first-order valence-corrected chi connectivity index (χ1v) is 6.41. The Morgan fingerprint density at radius 1 is 1.20 bits per heavy atom. The van der Waals surface area contributed by atoms with Gasteiger partial charge in [-0.2, -0.15) is 8.78 Å². The van der Waals surface area contributed by atoms with Crippen LogP contribution < -0.4 is 15.8 Å². The number of amides is 1. The van der Waals surface area contributed by atoms with E-state index >= 15 is 0 Å². The standard InChI is InChI=1S/C14H20F2N2O2/c1-8(2)12(13(17)19)18-9(3)10-4-6-11(7-5-10)20-14(15)16/h4-9,12,14,18H,1-3H3,(H2,17,19). The molecule has 0 saturated heterocycles. The first-order chi connectivity index (χ1) is 9.31. The van der Waals surface area contributed by atoms with Gasteiger partial charge in [-0.25, -0.2) is 0 Å². The van der Waals surface area contributed by atoms with Crippen LogP contribution in [0.25, 0.3) is 0 Å². The van der Waals surface area contributed by atoms with Gasteiger partial charge in [-0.3, -0.25) is 10.1 Å². The number of hydrogen-bond acceptors (Lipinski definition) is 3. The second-order valence-electron chi connectivity index (χ2n) is 4.96. The lowest BCUT2D eigenvalue weighted by Gasteiger charge is -2.24. The SMILES string of the molecule is CC(NC(C(N)=O)C(C)C)c1ccc(OC(F)F)cc1. The number of carbonyl (C=O) groups excluding carboxylic acids is 1. The third-order valence-corrected chi connectivity index (χ3v) is 3.01. The molecule has 2 atom stereocenters. The number of benzene rings is 1. The van der Waals surface area contributed by atoms with E-state index in [-0.39, 0.29) is 17.7 Å². The van der Waals surface area contributed by atoms with Gasteiger partial charge in [-0.15, -0.1) is 0 Å². The lowest BCUT2D eigenvalue weighted by atomic mass is 10.0. The van der Waals surface area contributed by atoms with Gasteiger partial charge in [0, 0.05) is 6.04 Å². The fourth-order valence-corrected chi connectivity index (χ4v) is 1.91. The molecule has 4 nitrogen and oxygen atoms in total. The van der Waals surface area contributed by atoms with E-state index in [2.05, 4.69) is 10.1 Å². The molecule has 0 aromatic heterocycles. The van der Waals surface area contributed by atoms with Crippen LogP contribution in [-0.4, -0.2) is 18.6 Å². The fourth-order valence-electron chi connectivity index (χ4n) is 1.91. The Labute approximate surface area is 117 Å². The van der Waals surface area contributed by atoms with Crippen LogP contribution >= 0.6 is 0 Å². The second kappa shape index (κ2) is 7.19. The van der Waals surface area contributed by atoms with Crippen molar-refractivity contribution in [2.45, 2.75) is 39.5 Å². The van der Waals surface area contributed by atoms with E-state index in [1.54, 1.807) is 12.1 Å². The zero-order valence-corrected chi connectivity index (χ0v) is 11.8. The predicted octanol–water partition coefficient (Wildman–Crippen LogP) is 2.45. The maximum atomic E-state index is 12.0. The molecule has 1 amide bonds. The molecule has 0 heterocycles. The van der Waals surface area contributed by atoms with Crippen LogP contribution in [0.5, 0.6) is 5.75 Å². The highest BCUT2D eigenvalue weighted by Crippen LogP contribution is 2.20. The van der Waals surface area contributed by atoms with Crippen molar-refractivity contribution in [3.63, 3.8) is 0 Å². The molecular weight excluding hydrogens is 266 g/mol. The van der Waals surface area contributed by atoms with E-state index in [1.165, 1.54) is 12.1 Å². The Morgan fingerprint density at radius 2 is 1.75 bits per heavy atom. The molecule has 1 aromatic carbocycles. The van der Waals surface area contributed by atoms with Crippen molar-refractivity contribution in [2.24, 2.45) is 11.7 Å². The number of nitrogens with two attached hydrogens (primary N) is 1. The number of rotatable bonds is 7. The number of hydrogen-bond donors (Lipinski definition) is 2.